The van der Waals surface area contributed by atoms with Crippen molar-refractivity contribution in [3.63, 3.8) is 0 Å². The Kier molecular flexibility index (Phi) is 2.56. The standard InChI is InChI=1S/C17H16/c1-13-9-11-15(12-10-13)17-8-4-6-14-5-2-3-7-16(14)17/h2-3,5,7-12H,4,6H2,1H3. The minimum Gasteiger partial charge on any atom is -0.0757 e. The lowest BCUT2D eigenvalue weighted by Gasteiger charge is -2.18. The molecule has 2 aromatic carbocycles. The number of allylic oxidation sites excluding steroid dienone is 1. The van der Waals surface area contributed by atoms with Crippen molar-refractivity contribution >= 4 is 5.57 Å². The van der Waals surface area contributed by atoms with E-state index < -0.39 is 0 Å². The number of hydrogen-bond donors (Lipinski definition) is 0. The highest BCUT2D eigenvalue weighted by molar-refractivity contribution is 5.82. The summed E-state index contributed by atoms with van der Waals surface area (Å²) in [5, 5.41) is 0. The second kappa shape index (κ2) is 4.21. The summed E-state index contributed by atoms with van der Waals surface area (Å²) in [6.45, 7) is 2.13. The lowest BCUT2D eigenvalue weighted by Crippen LogP contribution is -2.00. The van der Waals surface area contributed by atoms with Gasteiger partial charge in [0.05, 0.1) is 0 Å². The summed E-state index contributed by atoms with van der Waals surface area (Å²) in [7, 11) is 0. The second-order valence-electron chi connectivity index (χ2n) is 4.68. The Morgan fingerprint density at radius 3 is 2.47 bits per heavy atom. The predicted octanol–water partition coefficient (Wildman–Crippen LogP) is 4.37. The molecule has 0 aromatic heterocycles. The maximum absolute atomic E-state index is 2.37. The number of hydrogen-bond acceptors (Lipinski definition) is 0. The minimum absolute atomic E-state index is 1.15. The number of aryl methyl sites for hydroxylation is 2. The summed E-state index contributed by atoms with van der Waals surface area (Å²) in [5.41, 5.74) is 6.93. The van der Waals surface area contributed by atoms with Gasteiger partial charge in [-0.05, 0) is 42.0 Å². The predicted molar refractivity (Wildman–Crippen MR) is 73.0 cm³/mol. The van der Waals surface area contributed by atoms with E-state index >= 15 is 0 Å². The second-order valence-corrected chi connectivity index (χ2v) is 4.68. The molecule has 17 heavy (non-hydrogen) atoms. The van der Waals surface area contributed by atoms with E-state index in [9.17, 15) is 0 Å². The molecule has 84 valence electrons. The van der Waals surface area contributed by atoms with Gasteiger partial charge in [0.2, 0.25) is 0 Å². The largest absolute Gasteiger partial charge is 0.0757 e. The molecule has 0 aliphatic heterocycles. The zero-order chi connectivity index (χ0) is 11.7. The van der Waals surface area contributed by atoms with Crippen molar-refractivity contribution in [2.45, 2.75) is 19.8 Å². The Morgan fingerprint density at radius 1 is 0.882 bits per heavy atom. The SMILES string of the molecule is Cc1ccc(C2=CCCc3ccccc32)cc1. The van der Waals surface area contributed by atoms with E-state index in [0.29, 0.717) is 0 Å². The van der Waals surface area contributed by atoms with Gasteiger partial charge in [-0.15, -0.1) is 0 Å². The Bertz CT molecular complexity index is 559. The van der Waals surface area contributed by atoms with Crippen LogP contribution in [-0.2, 0) is 6.42 Å². The topological polar surface area (TPSA) is 0 Å². The fourth-order valence-corrected chi connectivity index (χ4v) is 2.49. The first kappa shape index (κ1) is 10.3. The fraction of sp³-hybridized carbons (Fsp3) is 0.176. The van der Waals surface area contributed by atoms with E-state index in [1.165, 1.54) is 34.2 Å². The first-order valence-corrected chi connectivity index (χ1v) is 6.20. The van der Waals surface area contributed by atoms with Gasteiger partial charge < -0.3 is 0 Å². The molecule has 0 fully saturated rings. The number of benzene rings is 2. The van der Waals surface area contributed by atoms with Crippen LogP contribution in [0.1, 0.15) is 28.7 Å². The lowest BCUT2D eigenvalue weighted by atomic mass is 9.87. The highest BCUT2D eigenvalue weighted by Crippen LogP contribution is 2.31. The number of fused-ring (bicyclic) bond motifs is 1. The van der Waals surface area contributed by atoms with E-state index in [1.54, 1.807) is 0 Å². The maximum atomic E-state index is 2.37. The van der Waals surface area contributed by atoms with Crippen LogP contribution >= 0.6 is 0 Å². The molecule has 0 amide bonds. The average molecular weight is 220 g/mol. The van der Waals surface area contributed by atoms with Crippen LogP contribution in [0.3, 0.4) is 0 Å². The third-order valence-electron chi connectivity index (χ3n) is 3.43. The van der Waals surface area contributed by atoms with Crippen LogP contribution in [0.25, 0.3) is 5.57 Å². The zero-order valence-corrected chi connectivity index (χ0v) is 10.1. The number of rotatable bonds is 1. The van der Waals surface area contributed by atoms with Crippen LogP contribution in [0.2, 0.25) is 0 Å². The van der Waals surface area contributed by atoms with Gasteiger partial charge in [-0.1, -0.05) is 60.2 Å². The van der Waals surface area contributed by atoms with Gasteiger partial charge in [-0.3, -0.25) is 0 Å². The minimum atomic E-state index is 1.15. The molecule has 0 heterocycles. The highest BCUT2D eigenvalue weighted by Gasteiger charge is 2.12. The summed E-state index contributed by atoms with van der Waals surface area (Å²) in [6.07, 6.45) is 4.69. The van der Waals surface area contributed by atoms with Crippen LogP contribution in [0.4, 0.5) is 0 Å². The quantitative estimate of drug-likeness (QED) is 0.669. The Hall–Kier alpha value is -1.82. The van der Waals surface area contributed by atoms with E-state index in [4.69, 9.17) is 0 Å². The van der Waals surface area contributed by atoms with Gasteiger partial charge in [0.15, 0.2) is 0 Å². The molecule has 0 heteroatoms. The van der Waals surface area contributed by atoms with Gasteiger partial charge >= 0.3 is 0 Å². The molecule has 1 aliphatic rings. The highest BCUT2D eigenvalue weighted by atomic mass is 14.2. The van der Waals surface area contributed by atoms with Gasteiger partial charge in [0.1, 0.15) is 0 Å². The van der Waals surface area contributed by atoms with Crippen molar-refractivity contribution in [1.82, 2.24) is 0 Å². The van der Waals surface area contributed by atoms with Crippen LogP contribution in [-0.4, -0.2) is 0 Å². The monoisotopic (exact) mass is 220 g/mol. The molecule has 0 bridgehead atoms. The Labute approximate surface area is 103 Å². The van der Waals surface area contributed by atoms with Gasteiger partial charge in [-0.2, -0.15) is 0 Å². The first-order valence-electron chi connectivity index (χ1n) is 6.20. The molecule has 0 radical (unpaired) electrons. The molecular weight excluding hydrogens is 204 g/mol. The smallest absolute Gasteiger partial charge is 0.0148 e. The lowest BCUT2D eigenvalue weighted by molar-refractivity contribution is 0.977. The van der Waals surface area contributed by atoms with Crippen LogP contribution in [0.5, 0.6) is 0 Å². The summed E-state index contributed by atoms with van der Waals surface area (Å²) >= 11 is 0. The summed E-state index contributed by atoms with van der Waals surface area (Å²) in [6, 6.07) is 17.6. The van der Waals surface area contributed by atoms with E-state index in [-0.39, 0.29) is 0 Å². The molecule has 0 nitrogen and oxygen atoms in total. The van der Waals surface area contributed by atoms with Gasteiger partial charge in [0.25, 0.3) is 0 Å². The molecule has 0 saturated heterocycles. The Balaban J connectivity index is 2.09. The normalized spacial score (nSPS) is 14.1. The first-order chi connectivity index (χ1) is 8.34. The van der Waals surface area contributed by atoms with E-state index in [2.05, 4.69) is 61.5 Å². The van der Waals surface area contributed by atoms with E-state index in [0.717, 1.165) is 6.42 Å². The maximum Gasteiger partial charge on any atom is -0.0148 e. The third kappa shape index (κ3) is 1.91. The van der Waals surface area contributed by atoms with Crippen molar-refractivity contribution in [3.05, 3.63) is 76.9 Å². The molecule has 0 atom stereocenters. The van der Waals surface area contributed by atoms with Crippen LogP contribution < -0.4 is 0 Å². The third-order valence-corrected chi connectivity index (χ3v) is 3.43. The van der Waals surface area contributed by atoms with Gasteiger partial charge in [-0.25, -0.2) is 0 Å². The van der Waals surface area contributed by atoms with Crippen molar-refractivity contribution in [1.29, 1.82) is 0 Å². The van der Waals surface area contributed by atoms with Crippen LogP contribution in [0, 0.1) is 6.92 Å². The molecule has 0 N–H and O–H groups in total. The van der Waals surface area contributed by atoms with Crippen molar-refractivity contribution in [2.75, 3.05) is 0 Å². The molecule has 0 spiro atoms. The molecule has 0 unspecified atom stereocenters. The molecule has 2 aromatic rings. The van der Waals surface area contributed by atoms with Crippen LogP contribution in [0.15, 0.2) is 54.6 Å². The van der Waals surface area contributed by atoms with Crippen molar-refractivity contribution in [2.24, 2.45) is 0 Å². The molecule has 0 saturated carbocycles. The molecule has 1 aliphatic carbocycles. The zero-order valence-electron chi connectivity index (χ0n) is 10.1. The summed E-state index contributed by atoms with van der Waals surface area (Å²) in [5.74, 6) is 0. The molecular formula is C17H16. The Morgan fingerprint density at radius 2 is 1.65 bits per heavy atom. The summed E-state index contributed by atoms with van der Waals surface area (Å²) < 4.78 is 0. The summed E-state index contributed by atoms with van der Waals surface area (Å²) in [4.78, 5) is 0. The average Bonchev–Trinajstić information content (AvgIpc) is 2.39. The van der Waals surface area contributed by atoms with Gasteiger partial charge in [0, 0.05) is 0 Å². The van der Waals surface area contributed by atoms with Crippen molar-refractivity contribution in [3.8, 4) is 0 Å². The fourth-order valence-electron chi connectivity index (χ4n) is 2.49. The van der Waals surface area contributed by atoms with E-state index in [1.807, 2.05) is 0 Å². The van der Waals surface area contributed by atoms with Crippen molar-refractivity contribution < 1.29 is 0 Å². The molecule has 3 rings (SSSR count).